The Labute approximate surface area is 228 Å². The second kappa shape index (κ2) is 12.5. The van der Waals surface area contributed by atoms with Crippen molar-refractivity contribution in [3.8, 4) is 11.5 Å². The molecule has 0 bridgehead atoms. The van der Waals surface area contributed by atoms with Crippen molar-refractivity contribution in [2.45, 2.75) is 44.6 Å². The van der Waals surface area contributed by atoms with Gasteiger partial charge < -0.3 is 19.5 Å². The van der Waals surface area contributed by atoms with Gasteiger partial charge >= 0.3 is 5.97 Å². The highest BCUT2D eigenvalue weighted by molar-refractivity contribution is 6.30. The SMILES string of the molecule is O=C(O)CCCOc1ccc2c(c1)C(=CCCN1CCC(c3ccc(Cl)cc3)CC1)c1cccnc1CO2. The molecule has 1 N–H and O–H groups in total. The summed E-state index contributed by atoms with van der Waals surface area (Å²) in [5.41, 5.74) is 5.47. The summed E-state index contributed by atoms with van der Waals surface area (Å²) in [6.07, 6.45) is 7.89. The van der Waals surface area contributed by atoms with Crippen molar-refractivity contribution in [2.24, 2.45) is 0 Å². The second-order valence-corrected chi connectivity index (χ2v) is 10.3. The van der Waals surface area contributed by atoms with E-state index in [1.807, 2.05) is 36.4 Å². The van der Waals surface area contributed by atoms with Crippen molar-refractivity contribution in [2.75, 3.05) is 26.2 Å². The molecule has 0 amide bonds. The third-order valence-corrected chi connectivity index (χ3v) is 7.56. The normalized spacial score (nSPS) is 16.8. The van der Waals surface area contributed by atoms with Gasteiger partial charge in [-0.2, -0.15) is 0 Å². The first-order valence-electron chi connectivity index (χ1n) is 13.3. The topological polar surface area (TPSA) is 71.9 Å². The Balaban J connectivity index is 1.28. The number of carboxylic acids is 1. The van der Waals surface area contributed by atoms with Crippen molar-refractivity contribution >= 4 is 23.1 Å². The number of likely N-dealkylation sites (tertiary alicyclic amines) is 1. The van der Waals surface area contributed by atoms with Gasteiger partial charge in [-0.1, -0.05) is 35.9 Å². The van der Waals surface area contributed by atoms with E-state index in [0.29, 0.717) is 31.3 Å². The minimum Gasteiger partial charge on any atom is -0.494 e. The monoisotopic (exact) mass is 532 g/mol. The van der Waals surface area contributed by atoms with Crippen LogP contribution < -0.4 is 9.47 Å². The van der Waals surface area contributed by atoms with Crippen LogP contribution >= 0.6 is 11.6 Å². The molecule has 0 atom stereocenters. The fourth-order valence-electron chi connectivity index (χ4n) is 5.27. The molecule has 3 heterocycles. The molecule has 3 aromatic rings. The molecule has 2 aromatic carbocycles. The maximum atomic E-state index is 10.8. The number of pyridine rings is 1. The van der Waals surface area contributed by atoms with Crippen molar-refractivity contribution in [3.05, 3.63) is 94.3 Å². The van der Waals surface area contributed by atoms with E-state index in [2.05, 4.69) is 34.2 Å². The van der Waals surface area contributed by atoms with Crippen LogP contribution in [0.2, 0.25) is 5.02 Å². The smallest absolute Gasteiger partial charge is 0.303 e. The number of piperidine rings is 1. The zero-order valence-corrected chi connectivity index (χ0v) is 22.2. The molecule has 6 nitrogen and oxygen atoms in total. The van der Waals surface area contributed by atoms with Crippen molar-refractivity contribution in [1.82, 2.24) is 9.88 Å². The first kappa shape index (κ1) is 26.3. The van der Waals surface area contributed by atoms with E-state index in [1.165, 1.54) is 5.56 Å². The quantitative estimate of drug-likeness (QED) is 0.314. The van der Waals surface area contributed by atoms with Crippen LogP contribution in [0.25, 0.3) is 5.57 Å². The average Bonchev–Trinajstić information content (AvgIpc) is 3.09. The number of hydrogen-bond donors (Lipinski definition) is 1. The highest BCUT2D eigenvalue weighted by Gasteiger charge is 2.22. The summed E-state index contributed by atoms with van der Waals surface area (Å²) in [4.78, 5) is 17.9. The Hall–Kier alpha value is -3.35. The summed E-state index contributed by atoms with van der Waals surface area (Å²) in [5.74, 6) is 1.29. The third kappa shape index (κ3) is 6.55. The molecule has 2 aliphatic rings. The fraction of sp³-hybridized carbons (Fsp3) is 0.355. The van der Waals surface area contributed by atoms with Gasteiger partial charge in [0.25, 0.3) is 0 Å². The maximum Gasteiger partial charge on any atom is 0.303 e. The number of fused-ring (bicyclic) bond motifs is 2. The molecule has 2 aliphatic heterocycles. The Bertz CT molecular complexity index is 1280. The van der Waals surface area contributed by atoms with Crippen LogP contribution in [-0.4, -0.2) is 47.2 Å². The van der Waals surface area contributed by atoms with Gasteiger partial charge in [0.15, 0.2) is 0 Å². The number of nitrogens with zero attached hydrogens (tertiary/aromatic N) is 2. The van der Waals surface area contributed by atoms with Crippen LogP contribution in [0.5, 0.6) is 11.5 Å². The van der Waals surface area contributed by atoms with Gasteiger partial charge in [0, 0.05) is 35.3 Å². The lowest BCUT2D eigenvalue weighted by Crippen LogP contribution is -2.33. The van der Waals surface area contributed by atoms with E-state index in [-0.39, 0.29) is 6.42 Å². The van der Waals surface area contributed by atoms with Gasteiger partial charge in [0.2, 0.25) is 0 Å². The average molecular weight is 533 g/mol. The minimum atomic E-state index is -0.813. The molecular weight excluding hydrogens is 500 g/mol. The molecule has 198 valence electrons. The zero-order valence-electron chi connectivity index (χ0n) is 21.4. The molecule has 0 unspecified atom stereocenters. The molecular formula is C31H33ClN2O4. The number of carboxylic acid groups (broad SMARTS) is 1. The number of carbonyl (C=O) groups is 1. The van der Waals surface area contributed by atoms with E-state index >= 15 is 0 Å². The standard InChI is InChI=1S/C31H33ClN2O4/c32-24-9-7-22(8-10-24)23-13-17-34(18-14-23)16-2-5-26-27-4-1-15-33-29(27)21-38-30-12-11-25(20-28(26)30)37-19-3-6-31(35)36/h1,4-5,7-12,15,20,23H,2-3,6,13-14,16-19,21H2,(H,35,36). The van der Waals surface area contributed by atoms with Gasteiger partial charge in [-0.25, -0.2) is 0 Å². The molecule has 1 fully saturated rings. The number of benzene rings is 2. The third-order valence-electron chi connectivity index (χ3n) is 7.31. The summed E-state index contributed by atoms with van der Waals surface area (Å²) in [5, 5.41) is 9.68. The largest absolute Gasteiger partial charge is 0.494 e. The number of ether oxygens (including phenoxy) is 2. The highest BCUT2D eigenvalue weighted by Crippen LogP contribution is 2.38. The molecule has 0 aliphatic carbocycles. The van der Waals surface area contributed by atoms with Crippen LogP contribution in [-0.2, 0) is 11.4 Å². The van der Waals surface area contributed by atoms with Gasteiger partial charge in [-0.3, -0.25) is 9.78 Å². The lowest BCUT2D eigenvalue weighted by molar-refractivity contribution is -0.137. The predicted molar refractivity (Wildman–Crippen MR) is 149 cm³/mol. The zero-order chi connectivity index (χ0) is 26.3. The summed E-state index contributed by atoms with van der Waals surface area (Å²) in [6, 6.07) is 18.2. The van der Waals surface area contributed by atoms with Crippen LogP contribution in [0.1, 0.15) is 60.4 Å². The Morgan fingerprint density at radius 1 is 1.13 bits per heavy atom. The number of rotatable bonds is 9. The fourth-order valence-corrected chi connectivity index (χ4v) is 5.40. The molecule has 0 spiro atoms. The summed E-state index contributed by atoms with van der Waals surface area (Å²) in [7, 11) is 0. The van der Waals surface area contributed by atoms with Crippen molar-refractivity contribution < 1.29 is 19.4 Å². The van der Waals surface area contributed by atoms with E-state index in [9.17, 15) is 4.79 Å². The number of aliphatic carboxylic acids is 1. The van der Waals surface area contributed by atoms with E-state index in [1.54, 1.807) is 6.20 Å². The van der Waals surface area contributed by atoms with Crippen LogP contribution in [0, 0.1) is 0 Å². The lowest BCUT2D eigenvalue weighted by Gasteiger charge is -2.32. The number of hydrogen-bond acceptors (Lipinski definition) is 5. The van der Waals surface area contributed by atoms with Crippen LogP contribution in [0.15, 0.2) is 66.9 Å². The van der Waals surface area contributed by atoms with Crippen LogP contribution in [0.4, 0.5) is 0 Å². The molecule has 0 radical (unpaired) electrons. The first-order valence-corrected chi connectivity index (χ1v) is 13.7. The van der Waals surface area contributed by atoms with Gasteiger partial charge in [-0.15, -0.1) is 0 Å². The van der Waals surface area contributed by atoms with Gasteiger partial charge in [-0.05, 0) is 92.2 Å². The minimum absolute atomic E-state index is 0.0925. The number of halogens is 1. The maximum absolute atomic E-state index is 10.8. The van der Waals surface area contributed by atoms with E-state index in [0.717, 1.165) is 72.1 Å². The Morgan fingerprint density at radius 3 is 2.74 bits per heavy atom. The summed E-state index contributed by atoms with van der Waals surface area (Å²) in [6.45, 7) is 3.94. The first-order chi connectivity index (χ1) is 18.6. The molecule has 1 aromatic heterocycles. The summed E-state index contributed by atoms with van der Waals surface area (Å²) < 4.78 is 12.0. The molecule has 5 rings (SSSR count). The molecule has 38 heavy (non-hydrogen) atoms. The Kier molecular flexibility index (Phi) is 8.61. The van der Waals surface area contributed by atoms with Crippen LogP contribution in [0.3, 0.4) is 0 Å². The van der Waals surface area contributed by atoms with E-state index < -0.39 is 5.97 Å². The van der Waals surface area contributed by atoms with Crippen molar-refractivity contribution in [1.29, 1.82) is 0 Å². The highest BCUT2D eigenvalue weighted by atomic mass is 35.5. The Morgan fingerprint density at radius 2 is 1.95 bits per heavy atom. The molecule has 1 saturated heterocycles. The van der Waals surface area contributed by atoms with Gasteiger partial charge in [0.05, 0.1) is 12.3 Å². The molecule has 0 saturated carbocycles. The number of aromatic nitrogens is 1. The van der Waals surface area contributed by atoms with Crippen molar-refractivity contribution in [3.63, 3.8) is 0 Å². The second-order valence-electron chi connectivity index (χ2n) is 9.86. The van der Waals surface area contributed by atoms with E-state index in [4.69, 9.17) is 26.2 Å². The summed E-state index contributed by atoms with van der Waals surface area (Å²) >= 11 is 6.06. The molecule has 7 heteroatoms. The predicted octanol–water partition coefficient (Wildman–Crippen LogP) is 6.57. The lowest BCUT2D eigenvalue weighted by atomic mass is 9.89. The van der Waals surface area contributed by atoms with Gasteiger partial charge in [0.1, 0.15) is 18.1 Å².